The molecule has 0 radical (unpaired) electrons. The number of aromatic nitrogens is 1. The molecule has 9 heteroatoms. The molecule has 0 N–H and O–H groups in total. The van der Waals surface area contributed by atoms with E-state index in [0.29, 0.717) is 37.1 Å². The maximum absolute atomic E-state index is 12.6. The molecule has 0 aliphatic carbocycles. The van der Waals surface area contributed by atoms with Crippen molar-refractivity contribution in [3.8, 4) is 5.88 Å². The van der Waals surface area contributed by atoms with Crippen molar-refractivity contribution in [1.29, 1.82) is 0 Å². The molecule has 0 bridgehead atoms. The minimum atomic E-state index is -4.44. The lowest BCUT2D eigenvalue weighted by molar-refractivity contribution is -0.137. The molecule has 1 aliphatic heterocycles. The minimum Gasteiger partial charge on any atom is -0.474 e. The van der Waals surface area contributed by atoms with Gasteiger partial charge in [-0.2, -0.15) is 13.2 Å². The molecule has 2 heterocycles. The van der Waals surface area contributed by atoms with Crippen LogP contribution >= 0.6 is 0 Å². The maximum Gasteiger partial charge on any atom is 0.417 e. The average Bonchev–Trinajstić information content (AvgIpc) is 2.73. The monoisotopic (exact) mass is 408 g/mol. The Morgan fingerprint density at radius 3 is 2.17 bits per heavy atom. The Kier molecular flexibility index (Phi) is 6.05. The SMILES string of the molecule is COC(=O)c1ccc(C(=O)N2CCC(Oc3ccc(C(F)(F)F)cn3)CC2)cc1. The minimum absolute atomic E-state index is 0.126. The van der Waals surface area contributed by atoms with Gasteiger partial charge in [-0.05, 0) is 30.3 Å². The van der Waals surface area contributed by atoms with Gasteiger partial charge in [-0.15, -0.1) is 0 Å². The summed E-state index contributed by atoms with van der Waals surface area (Å²) in [5.41, 5.74) is -0.00916. The van der Waals surface area contributed by atoms with Gasteiger partial charge in [-0.3, -0.25) is 4.79 Å². The summed E-state index contributed by atoms with van der Waals surface area (Å²) in [6.45, 7) is 0.895. The molecule has 0 saturated carbocycles. The highest BCUT2D eigenvalue weighted by Crippen LogP contribution is 2.29. The standard InChI is InChI=1S/C20H19F3N2O4/c1-28-19(27)14-4-2-13(3-5-14)18(26)25-10-8-16(9-11-25)29-17-7-6-15(12-24-17)20(21,22)23/h2-7,12,16H,8-11H2,1H3. The topological polar surface area (TPSA) is 68.7 Å². The van der Waals surface area contributed by atoms with Crippen molar-refractivity contribution in [3.05, 3.63) is 59.3 Å². The van der Waals surface area contributed by atoms with E-state index in [1.807, 2.05) is 0 Å². The van der Waals surface area contributed by atoms with Crippen LogP contribution in [-0.4, -0.2) is 48.1 Å². The Balaban J connectivity index is 1.53. The number of halogens is 3. The number of hydrogen-bond donors (Lipinski definition) is 0. The highest BCUT2D eigenvalue weighted by Gasteiger charge is 2.31. The number of amides is 1. The van der Waals surface area contributed by atoms with Gasteiger partial charge in [-0.1, -0.05) is 0 Å². The predicted octanol–water partition coefficient (Wildman–Crippen LogP) is 3.57. The van der Waals surface area contributed by atoms with Crippen LogP contribution in [0.3, 0.4) is 0 Å². The molecule has 1 saturated heterocycles. The fourth-order valence-corrected chi connectivity index (χ4v) is 3.01. The van der Waals surface area contributed by atoms with E-state index in [9.17, 15) is 22.8 Å². The van der Waals surface area contributed by atoms with E-state index in [2.05, 4.69) is 9.72 Å². The molecule has 1 aliphatic rings. The van der Waals surface area contributed by atoms with Crippen molar-refractivity contribution in [2.24, 2.45) is 0 Å². The highest BCUT2D eigenvalue weighted by atomic mass is 19.4. The van der Waals surface area contributed by atoms with Crippen LogP contribution in [0.15, 0.2) is 42.6 Å². The largest absolute Gasteiger partial charge is 0.474 e. The predicted molar refractivity (Wildman–Crippen MR) is 96.6 cm³/mol. The van der Waals surface area contributed by atoms with Gasteiger partial charge in [0, 0.05) is 43.8 Å². The van der Waals surface area contributed by atoms with Crippen molar-refractivity contribution in [1.82, 2.24) is 9.88 Å². The summed E-state index contributed by atoms with van der Waals surface area (Å²) < 4.78 is 48.0. The zero-order chi connectivity index (χ0) is 21.0. The Hall–Kier alpha value is -3.10. The lowest BCUT2D eigenvalue weighted by atomic mass is 10.1. The zero-order valence-electron chi connectivity index (χ0n) is 15.6. The quantitative estimate of drug-likeness (QED) is 0.724. The van der Waals surface area contributed by atoms with Crippen molar-refractivity contribution >= 4 is 11.9 Å². The van der Waals surface area contributed by atoms with E-state index in [-0.39, 0.29) is 17.9 Å². The normalized spacial score (nSPS) is 15.1. The van der Waals surface area contributed by atoms with Crippen LogP contribution in [-0.2, 0) is 10.9 Å². The molecule has 0 spiro atoms. The smallest absolute Gasteiger partial charge is 0.417 e. The second-order valence-corrected chi connectivity index (χ2v) is 6.56. The first kappa shape index (κ1) is 20.6. The summed E-state index contributed by atoms with van der Waals surface area (Å²) in [6, 6.07) is 8.34. The third-order valence-corrected chi connectivity index (χ3v) is 4.63. The number of rotatable bonds is 4. The van der Waals surface area contributed by atoms with Gasteiger partial charge in [0.25, 0.3) is 5.91 Å². The van der Waals surface area contributed by atoms with Crippen LogP contribution in [0, 0.1) is 0 Å². The van der Waals surface area contributed by atoms with E-state index in [1.54, 1.807) is 17.0 Å². The number of carbonyl (C=O) groups excluding carboxylic acids is 2. The number of carbonyl (C=O) groups is 2. The van der Waals surface area contributed by atoms with Crippen LogP contribution in [0.2, 0.25) is 0 Å². The molecular weight excluding hydrogens is 389 g/mol. The van der Waals surface area contributed by atoms with Gasteiger partial charge in [0.15, 0.2) is 0 Å². The fraction of sp³-hybridized carbons (Fsp3) is 0.350. The third-order valence-electron chi connectivity index (χ3n) is 4.63. The van der Waals surface area contributed by atoms with Gasteiger partial charge in [0.05, 0.1) is 18.2 Å². The van der Waals surface area contributed by atoms with Crippen LogP contribution in [0.5, 0.6) is 5.88 Å². The summed E-state index contributed by atoms with van der Waals surface area (Å²) in [7, 11) is 1.29. The number of ether oxygens (including phenoxy) is 2. The Labute approximate surface area is 165 Å². The highest BCUT2D eigenvalue weighted by molar-refractivity contribution is 5.96. The van der Waals surface area contributed by atoms with E-state index in [1.165, 1.54) is 25.3 Å². The molecule has 29 heavy (non-hydrogen) atoms. The Morgan fingerprint density at radius 2 is 1.66 bits per heavy atom. The van der Waals surface area contributed by atoms with Gasteiger partial charge in [0.2, 0.25) is 5.88 Å². The number of esters is 1. The number of methoxy groups -OCH3 is 1. The van der Waals surface area contributed by atoms with Crippen LogP contribution in [0.1, 0.15) is 39.1 Å². The number of pyridine rings is 1. The number of alkyl halides is 3. The third kappa shape index (κ3) is 5.04. The number of hydrogen-bond acceptors (Lipinski definition) is 5. The zero-order valence-corrected chi connectivity index (χ0v) is 15.6. The maximum atomic E-state index is 12.6. The first-order valence-electron chi connectivity index (χ1n) is 8.95. The molecule has 0 unspecified atom stereocenters. The number of nitrogens with zero attached hydrogens (tertiary/aromatic N) is 2. The van der Waals surface area contributed by atoms with Gasteiger partial charge >= 0.3 is 12.1 Å². The molecular formula is C20H19F3N2O4. The molecule has 1 fully saturated rings. The summed E-state index contributed by atoms with van der Waals surface area (Å²) in [5, 5.41) is 0. The van der Waals surface area contributed by atoms with E-state index >= 15 is 0 Å². The van der Waals surface area contributed by atoms with E-state index < -0.39 is 17.7 Å². The number of piperidine rings is 1. The summed E-state index contributed by atoms with van der Waals surface area (Å²) in [5.74, 6) is -0.507. The summed E-state index contributed by atoms with van der Waals surface area (Å²) >= 11 is 0. The molecule has 0 atom stereocenters. The molecule has 3 rings (SSSR count). The first-order valence-corrected chi connectivity index (χ1v) is 8.95. The Morgan fingerprint density at radius 1 is 1.03 bits per heavy atom. The van der Waals surface area contributed by atoms with Crippen LogP contribution in [0.25, 0.3) is 0 Å². The fourth-order valence-electron chi connectivity index (χ4n) is 3.01. The molecule has 6 nitrogen and oxygen atoms in total. The second-order valence-electron chi connectivity index (χ2n) is 6.56. The molecule has 1 amide bonds. The number of benzene rings is 1. The van der Waals surface area contributed by atoms with Crippen LogP contribution in [0.4, 0.5) is 13.2 Å². The second kappa shape index (κ2) is 8.50. The Bertz CT molecular complexity index is 859. The average molecular weight is 408 g/mol. The van der Waals surface area contributed by atoms with Crippen molar-refractivity contribution in [3.63, 3.8) is 0 Å². The lowest BCUT2D eigenvalue weighted by Crippen LogP contribution is -2.41. The van der Waals surface area contributed by atoms with Crippen molar-refractivity contribution < 1.29 is 32.2 Å². The van der Waals surface area contributed by atoms with Gasteiger partial charge < -0.3 is 14.4 Å². The lowest BCUT2D eigenvalue weighted by Gasteiger charge is -2.32. The van der Waals surface area contributed by atoms with E-state index in [0.717, 1.165) is 12.3 Å². The first-order chi connectivity index (χ1) is 13.8. The molecule has 1 aromatic carbocycles. The van der Waals surface area contributed by atoms with Crippen molar-refractivity contribution in [2.45, 2.75) is 25.1 Å². The summed E-state index contributed by atoms with van der Waals surface area (Å²) in [4.78, 5) is 29.4. The number of likely N-dealkylation sites (tertiary alicyclic amines) is 1. The van der Waals surface area contributed by atoms with Gasteiger partial charge in [0.1, 0.15) is 6.10 Å². The molecule has 154 valence electrons. The van der Waals surface area contributed by atoms with Crippen LogP contribution < -0.4 is 4.74 Å². The van der Waals surface area contributed by atoms with E-state index in [4.69, 9.17) is 4.74 Å². The van der Waals surface area contributed by atoms with Crippen molar-refractivity contribution in [2.75, 3.05) is 20.2 Å². The van der Waals surface area contributed by atoms with Gasteiger partial charge in [-0.25, -0.2) is 9.78 Å². The molecule has 2 aromatic rings. The molecule has 1 aromatic heterocycles. The summed E-state index contributed by atoms with van der Waals surface area (Å²) in [6.07, 6.45) is -2.85.